The number of piperazine rings is 3. The predicted molar refractivity (Wildman–Crippen MR) is 112 cm³/mol. The summed E-state index contributed by atoms with van der Waals surface area (Å²) in [6.45, 7) is 13.1. The van der Waals surface area contributed by atoms with Crippen molar-refractivity contribution in [2.45, 2.75) is 38.8 Å². The fourth-order valence-corrected chi connectivity index (χ4v) is 3.95. The second-order valence-electron chi connectivity index (χ2n) is 7.13. The number of guanidine groups is 1. The first kappa shape index (κ1) is 20.7. The van der Waals surface area contributed by atoms with E-state index in [1.807, 2.05) is 4.90 Å². The highest BCUT2D eigenvalue weighted by Gasteiger charge is 2.31. The van der Waals surface area contributed by atoms with Gasteiger partial charge in [0.25, 0.3) is 0 Å². The van der Waals surface area contributed by atoms with Crippen molar-refractivity contribution < 1.29 is 4.79 Å². The Morgan fingerprint density at radius 2 is 1.80 bits per heavy atom. The van der Waals surface area contributed by atoms with Crippen LogP contribution in [0, 0.1) is 0 Å². The highest BCUT2D eigenvalue weighted by molar-refractivity contribution is 14.0. The number of carbonyl (C=O) groups excluding carboxylic acids is 1. The molecule has 1 atom stereocenters. The van der Waals surface area contributed by atoms with Crippen LogP contribution in [0.5, 0.6) is 0 Å². The summed E-state index contributed by atoms with van der Waals surface area (Å²) in [6, 6.07) is 0.966. The van der Waals surface area contributed by atoms with Crippen LogP contribution in [-0.4, -0.2) is 97.6 Å². The number of hydrogen-bond donors (Lipinski definition) is 2. The molecule has 0 aromatic carbocycles. The van der Waals surface area contributed by atoms with Gasteiger partial charge in [-0.2, -0.15) is 0 Å². The van der Waals surface area contributed by atoms with Crippen molar-refractivity contribution in [1.29, 1.82) is 0 Å². The highest BCUT2D eigenvalue weighted by atomic mass is 127. The summed E-state index contributed by atoms with van der Waals surface area (Å²) in [5, 5.41) is 6.94. The first-order chi connectivity index (χ1) is 11.7. The van der Waals surface area contributed by atoms with Crippen LogP contribution >= 0.6 is 24.0 Å². The van der Waals surface area contributed by atoms with Gasteiger partial charge in [-0.25, -0.2) is 0 Å². The van der Waals surface area contributed by atoms with E-state index in [0.717, 1.165) is 51.5 Å². The third kappa shape index (κ3) is 5.68. The van der Waals surface area contributed by atoms with Gasteiger partial charge in [-0.1, -0.05) is 0 Å². The predicted octanol–water partition coefficient (Wildman–Crippen LogP) is 0.170. The van der Waals surface area contributed by atoms with Crippen molar-refractivity contribution in [3.05, 3.63) is 0 Å². The molecule has 4 heterocycles. The van der Waals surface area contributed by atoms with Gasteiger partial charge in [-0.05, 0) is 19.8 Å². The fourth-order valence-electron chi connectivity index (χ4n) is 3.95. The van der Waals surface area contributed by atoms with Crippen molar-refractivity contribution in [2.75, 3.05) is 58.9 Å². The Bertz CT molecular complexity index is 458. The summed E-state index contributed by atoms with van der Waals surface area (Å²) in [5.41, 5.74) is 0. The molecule has 0 aliphatic carbocycles. The quantitative estimate of drug-likeness (QED) is 0.353. The first-order valence-electron chi connectivity index (χ1n) is 9.42. The molecule has 2 bridgehead atoms. The van der Waals surface area contributed by atoms with E-state index >= 15 is 0 Å². The molecule has 1 unspecified atom stereocenters. The number of piperidine rings is 1. The topological polar surface area (TPSA) is 63.2 Å². The maximum absolute atomic E-state index is 11.4. The van der Waals surface area contributed by atoms with E-state index in [0.29, 0.717) is 12.1 Å². The van der Waals surface area contributed by atoms with Crippen LogP contribution in [-0.2, 0) is 4.79 Å². The van der Waals surface area contributed by atoms with Crippen LogP contribution in [0.25, 0.3) is 0 Å². The van der Waals surface area contributed by atoms with Gasteiger partial charge in [0.1, 0.15) is 0 Å². The molecule has 1 amide bonds. The molecule has 25 heavy (non-hydrogen) atoms. The molecule has 4 fully saturated rings. The molecule has 0 spiro atoms. The average molecular weight is 464 g/mol. The van der Waals surface area contributed by atoms with Crippen LogP contribution in [0.15, 0.2) is 4.99 Å². The van der Waals surface area contributed by atoms with E-state index in [1.54, 1.807) is 6.92 Å². The summed E-state index contributed by atoms with van der Waals surface area (Å²) < 4.78 is 0. The molecule has 144 valence electrons. The molecule has 0 aromatic heterocycles. The normalized spacial score (nSPS) is 29.9. The van der Waals surface area contributed by atoms with Crippen molar-refractivity contribution in [3.63, 3.8) is 0 Å². The van der Waals surface area contributed by atoms with Gasteiger partial charge in [0, 0.05) is 71.4 Å². The van der Waals surface area contributed by atoms with Crippen molar-refractivity contribution in [3.8, 4) is 0 Å². The van der Waals surface area contributed by atoms with E-state index in [-0.39, 0.29) is 29.9 Å². The summed E-state index contributed by atoms with van der Waals surface area (Å²) >= 11 is 0. The van der Waals surface area contributed by atoms with Crippen LogP contribution in [0.3, 0.4) is 0 Å². The van der Waals surface area contributed by atoms with E-state index in [9.17, 15) is 4.79 Å². The van der Waals surface area contributed by atoms with Crippen LogP contribution in [0.4, 0.5) is 0 Å². The molecule has 0 aromatic rings. The minimum Gasteiger partial charge on any atom is -0.357 e. The third-order valence-corrected chi connectivity index (χ3v) is 5.48. The standard InChI is InChI=1S/C17H32N6O.HI/c1-3-18-17(20-15-4-6-22(7-5-15)14(2)24)19-12-16-13-21-8-10-23(16)11-9-21;/h15-16H,3-13H2,1-2H3,(H2,18,19,20);1H. The summed E-state index contributed by atoms with van der Waals surface area (Å²) in [5.74, 6) is 1.11. The number of halogens is 1. The average Bonchev–Trinajstić information content (AvgIpc) is 2.61. The van der Waals surface area contributed by atoms with Gasteiger partial charge >= 0.3 is 0 Å². The summed E-state index contributed by atoms with van der Waals surface area (Å²) in [7, 11) is 0. The number of carbonyl (C=O) groups is 1. The lowest BCUT2D eigenvalue weighted by Crippen LogP contribution is -2.62. The van der Waals surface area contributed by atoms with Gasteiger partial charge in [-0.3, -0.25) is 19.6 Å². The number of nitrogens with one attached hydrogen (secondary N) is 2. The number of aliphatic imine (C=N–C) groups is 1. The molecule has 4 aliphatic rings. The number of rotatable bonds is 4. The molecule has 2 N–H and O–H groups in total. The minimum absolute atomic E-state index is 0. The largest absolute Gasteiger partial charge is 0.357 e. The van der Waals surface area contributed by atoms with E-state index < -0.39 is 0 Å². The van der Waals surface area contributed by atoms with Gasteiger partial charge in [-0.15, -0.1) is 24.0 Å². The molecule has 4 saturated heterocycles. The minimum atomic E-state index is 0. The molecular formula is C17H33IN6O. The van der Waals surface area contributed by atoms with Crippen molar-refractivity contribution >= 4 is 35.8 Å². The molecule has 4 rings (SSSR count). The summed E-state index contributed by atoms with van der Waals surface area (Å²) in [6.07, 6.45) is 1.99. The number of fused-ring (bicyclic) bond motifs is 3. The van der Waals surface area contributed by atoms with E-state index in [2.05, 4.69) is 27.4 Å². The van der Waals surface area contributed by atoms with E-state index in [4.69, 9.17) is 4.99 Å². The Balaban J connectivity index is 0.00000225. The number of likely N-dealkylation sites (tertiary alicyclic amines) is 1. The molecule has 8 heteroatoms. The van der Waals surface area contributed by atoms with E-state index in [1.165, 1.54) is 26.2 Å². The van der Waals surface area contributed by atoms with Crippen molar-refractivity contribution in [2.24, 2.45) is 4.99 Å². The van der Waals surface area contributed by atoms with Crippen LogP contribution in [0.2, 0.25) is 0 Å². The molecule has 4 aliphatic heterocycles. The lowest BCUT2D eigenvalue weighted by Gasteiger charge is -2.47. The monoisotopic (exact) mass is 464 g/mol. The Labute approximate surface area is 168 Å². The second-order valence-corrected chi connectivity index (χ2v) is 7.13. The third-order valence-electron chi connectivity index (χ3n) is 5.48. The lowest BCUT2D eigenvalue weighted by molar-refractivity contribution is -0.129. The number of hydrogen-bond acceptors (Lipinski definition) is 4. The maximum atomic E-state index is 11.4. The maximum Gasteiger partial charge on any atom is 0.219 e. The van der Waals surface area contributed by atoms with Crippen LogP contribution in [0.1, 0.15) is 26.7 Å². The number of nitrogens with zero attached hydrogens (tertiary/aromatic N) is 4. The Morgan fingerprint density at radius 3 is 2.32 bits per heavy atom. The molecular weight excluding hydrogens is 431 g/mol. The van der Waals surface area contributed by atoms with Gasteiger partial charge in [0.15, 0.2) is 5.96 Å². The molecule has 7 nitrogen and oxygen atoms in total. The van der Waals surface area contributed by atoms with Gasteiger partial charge in [0.05, 0.1) is 6.54 Å². The Kier molecular flexibility index (Phi) is 8.21. The van der Waals surface area contributed by atoms with Crippen molar-refractivity contribution in [1.82, 2.24) is 25.3 Å². The zero-order chi connectivity index (χ0) is 16.9. The Morgan fingerprint density at radius 1 is 1.12 bits per heavy atom. The lowest BCUT2D eigenvalue weighted by atomic mass is 10.1. The van der Waals surface area contributed by atoms with Crippen LogP contribution < -0.4 is 10.6 Å². The molecule has 0 saturated carbocycles. The highest BCUT2D eigenvalue weighted by Crippen LogP contribution is 2.16. The summed E-state index contributed by atoms with van der Waals surface area (Å²) in [4.78, 5) is 23.3. The van der Waals surface area contributed by atoms with Gasteiger partial charge < -0.3 is 15.5 Å². The zero-order valence-corrected chi connectivity index (χ0v) is 17.9. The number of amides is 1. The zero-order valence-electron chi connectivity index (χ0n) is 15.5. The SMILES string of the molecule is CCNC(=NCC1CN2CCN1CC2)NC1CCN(C(C)=O)CC1.I. The smallest absolute Gasteiger partial charge is 0.219 e. The second kappa shape index (κ2) is 9.91. The van der Waals surface area contributed by atoms with Gasteiger partial charge in [0.2, 0.25) is 5.91 Å². The first-order valence-corrected chi connectivity index (χ1v) is 9.42. The fraction of sp³-hybridized carbons (Fsp3) is 0.882. The Hall–Kier alpha value is -0.610. The molecule has 0 radical (unpaired) electrons.